The van der Waals surface area contributed by atoms with Gasteiger partial charge in [-0.3, -0.25) is 9.59 Å². The van der Waals surface area contributed by atoms with Crippen LogP contribution in [-0.4, -0.2) is 18.5 Å². The maximum atomic E-state index is 11.1. The molecule has 0 saturated heterocycles. The van der Waals surface area contributed by atoms with Crippen molar-refractivity contribution in [2.75, 3.05) is 6.67 Å². The standard InChI is InChI=1S/C10H16N2O2/c1-7(2)5-9(13)11-6-12-10(14)8(3)4/h1,3,5-6H2,2,4H3,(H,11,13)(H,12,14). The molecule has 0 heterocycles. The van der Waals surface area contributed by atoms with E-state index in [1.807, 2.05) is 0 Å². The van der Waals surface area contributed by atoms with E-state index in [0.29, 0.717) is 5.57 Å². The summed E-state index contributed by atoms with van der Waals surface area (Å²) in [5.74, 6) is -0.417. The predicted octanol–water partition coefficient (Wildman–Crippen LogP) is 0.719. The minimum absolute atomic E-state index is 0.123. The number of carbonyl (C=O) groups is 2. The van der Waals surface area contributed by atoms with Crippen LogP contribution in [0.5, 0.6) is 0 Å². The van der Waals surface area contributed by atoms with Crippen molar-refractivity contribution in [3.8, 4) is 0 Å². The summed E-state index contributed by atoms with van der Waals surface area (Å²) in [4.78, 5) is 22.0. The highest BCUT2D eigenvalue weighted by molar-refractivity contribution is 5.92. The smallest absolute Gasteiger partial charge is 0.247 e. The highest BCUT2D eigenvalue weighted by Gasteiger charge is 2.02. The molecular weight excluding hydrogens is 180 g/mol. The molecule has 0 aliphatic carbocycles. The molecule has 0 aromatic carbocycles. The van der Waals surface area contributed by atoms with Gasteiger partial charge in [0.05, 0.1) is 6.67 Å². The highest BCUT2D eigenvalue weighted by Crippen LogP contribution is 1.93. The molecule has 0 aliphatic rings. The van der Waals surface area contributed by atoms with E-state index < -0.39 is 0 Å². The van der Waals surface area contributed by atoms with Crippen molar-refractivity contribution >= 4 is 11.8 Å². The van der Waals surface area contributed by atoms with Gasteiger partial charge < -0.3 is 10.6 Å². The van der Waals surface area contributed by atoms with Gasteiger partial charge in [-0.15, -0.1) is 0 Å². The average molecular weight is 196 g/mol. The van der Waals surface area contributed by atoms with Crippen LogP contribution in [0.1, 0.15) is 20.3 Å². The Balaban J connectivity index is 3.64. The molecule has 2 amide bonds. The van der Waals surface area contributed by atoms with Crippen LogP contribution in [0.2, 0.25) is 0 Å². The van der Waals surface area contributed by atoms with E-state index in [1.165, 1.54) is 0 Å². The average Bonchev–Trinajstić information content (AvgIpc) is 2.02. The molecular formula is C10H16N2O2. The molecule has 0 spiro atoms. The second kappa shape index (κ2) is 5.96. The maximum Gasteiger partial charge on any atom is 0.247 e. The van der Waals surface area contributed by atoms with Crippen molar-refractivity contribution < 1.29 is 9.59 Å². The molecule has 4 heteroatoms. The Labute approximate surface area is 84.1 Å². The van der Waals surface area contributed by atoms with Crippen LogP contribution in [0, 0.1) is 0 Å². The largest absolute Gasteiger partial charge is 0.338 e. The van der Waals surface area contributed by atoms with Crippen molar-refractivity contribution in [3.63, 3.8) is 0 Å². The molecule has 0 fully saturated rings. The van der Waals surface area contributed by atoms with Gasteiger partial charge in [0.2, 0.25) is 11.8 Å². The maximum absolute atomic E-state index is 11.1. The Morgan fingerprint density at radius 1 is 1.14 bits per heavy atom. The Kier molecular flexibility index (Phi) is 5.29. The van der Waals surface area contributed by atoms with Crippen LogP contribution in [0.25, 0.3) is 0 Å². The van der Waals surface area contributed by atoms with Gasteiger partial charge in [-0.2, -0.15) is 0 Å². The summed E-state index contributed by atoms with van der Waals surface area (Å²) in [7, 11) is 0. The van der Waals surface area contributed by atoms with Gasteiger partial charge in [0.15, 0.2) is 0 Å². The number of hydrogen-bond acceptors (Lipinski definition) is 2. The molecule has 78 valence electrons. The van der Waals surface area contributed by atoms with Gasteiger partial charge >= 0.3 is 0 Å². The van der Waals surface area contributed by atoms with Crippen molar-refractivity contribution in [2.24, 2.45) is 0 Å². The number of rotatable bonds is 5. The Morgan fingerprint density at radius 2 is 1.71 bits per heavy atom. The second-order valence-corrected chi connectivity index (χ2v) is 3.20. The fourth-order valence-corrected chi connectivity index (χ4v) is 0.711. The molecule has 0 aromatic heterocycles. The van der Waals surface area contributed by atoms with Crippen molar-refractivity contribution in [1.82, 2.24) is 10.6 Å². The van der Waals surface area contributed by atoms with Crippen LogP contribution in [0.4, 0.5) is 0 Å². The van der Waals surface area contributed by atoms with E-state index in [-0.39, 0.29) is 24.9 Å². The summed E-state index contributed by atoms with van der Waals surface area (Å²) in [6.45, 7) is 10.6. The lowest BCUT2D eigenvalue weighted by Gasteiger charge is -2.06. The van der Waals surface area contributed by atoms with Gasteiger partial charge in [-0.05, 0) is 13.8 Å². The summed E-state index contributed by atoms with van der Waals surface area (Å²) in [6, 6.07) is 0. The Hall–Kier alpha value is -1.58. The quantitative estimate of drug-likeness (QED) is 0.386. The summed E-state index contributed by atoms with van der Waals surface area (Å²) in [6.07, 6.45) is 0.281. The molecule has 0 bridgehead atoms. The normalized spacial score (nSPS) is 9.00. The Morgan fingerprint density at radius 3 is 2.14 bits per heavy atom. The fourth-order valence-electron chi connectivity index (χ4n) is 0.711. The first-order valence-corrected chi connectivity index (χ1v) is 4.28. The predicted molar refractivity (Wildman–Crippen MR) is 55.4 cm³/mol. The molecule has 0 radical (unpaired) electrons. The first-order valence-electron chi connectivity index (χ1n) is 4.28. The third-order valence-corrected chi connectivity index (χ3v) is 1.38. The van der Waals surface area contributed by atoms with E-state index in [4.69, 9.17) is 0 Å². The molecule has 0 atom stereocenters. The lowest BCUT2D eigenvalue weighted by molar-refractivity contribution is -0.121. The molecule has 14 heavy (non-hydrogen) atoms. The van der Waals surface area contributed by atoms with E-state index >= 15 is 0 Å². The zero-order chi connectivity index (χ0) is 11.1. The highest BCUT2D eigenvalue weighted by atomic mass is 16.2. The summed E-state index contributed by atoms with van der Waals surface area (Å²) in [5, 5.41) is 5.01. The first kappa shape index (κ1) is 12.4. The van der Waals surface area contributed by atoms with Gasteiger partial charge in [0.25, 0.3) is 0 Å². The Bertz CT molecular complexity index is 269. The van der Waals surface area contributed by atoms with Crippen LogP contribution in [0.3, 0.4) is 0 Å². The van der Waals surface area contributed by atoms with E-state index in [1.54, 1.807) is 13.8 Å². The van der Waals surface area contributed by atoms with Crippen molar-refractivity contribution in [1.29, 1.82) is 0 Å². The number of carbonyl (C=O) groups excluding carboxylic acids is 2. The van der Waals surface area contributed by atoms with Crippen LogP contribution >= 0.6 is 0 Å². The van der Waals surface area contributed by atoms with Crippen LogP contribution < -0.4 is 10.6 Å². The SMILES string of the molecule is C=C(C)CC(=O)NCNC(=O)C(=C)C. The first-order chi connectivity index (χ1) is 6.43. The zero-order valence-corrected chi connectivity index (χ0v) is 8.64. The van der Waals surface area contributed by atoms with E-state index in [9.17, 15) is 9.59 Å². The van der Waals surface area contributed by atoms with Crippen molar-refractivity contribution in [2.45, 2.75) is 20.3 Å². The molecule has 4 nitrogen and oxygen atoms in total. The number of hydrogen-bond donors (Lipinski definition) is 2. The van der Waals surface area contributed by atoms with E-state index in [2.05, 4.69) is 23.8 Å². The van der Waals surface area contributed by atoms with Gasteiger partial charge in [-0.1, -0.05) is 18.7 Å². The lowest BCUT2D eigenvalue weighted by atomic mass is 10.2. The minimum Gasteiger partial charge on any atom is -0.338 e. The minimum atomic E-state index is -0.263. The molecule has 0 aromatic rings. The fraction of sp³-hybridized carbons (Fsp3) is 0.400. The topological polar surface area (TPSA) is 58.2 Å². The second-order valence-electron chi connectivity index (χ2n) is 3.20. The van der Waals surface area contributed by atoms with Gasteiger partial charge in [0.1, 0.15) is 0 Å². The number of amides is 2. The van der Waals surface area contributed by atoms with Crippen molar-refractivity contribution in [3.05, 3.63) is 24.3 Å². The molecule has 0 rings (SSSR count). The van der Waals surface area contributed by atoms with Gasteiger partial charge in [0, 0.05) is 12.0 Å². The zero-order valence-electron chi connectivity index (χ0n) is 8.64. The lowest BCUT2D eigenvalue weighted by Crippen LogP contribution is -2.37. The number of nitrogens with one attached hydrogen (secondary N) is 2. The monoisotopic (exact) mass is 196 g/mol. The molecule has 0 saturated carbocycles. The summed E-state index contributed by atoms with van der Waals surface area (Å²) in [5.41, 5.74) is 1.20. The van der Waals surface area contributed by atoms with Crippen LogP contribution in [0.15, 0.2) is 24.3 Å². The third kappa shape index (κ3) is 5.99. The molecule has 0 unspecified atom stereocenters. The van der Waals surface area contributed by atoms with Gasteiger partial charge in [-0.25, -0.2) is 0 Å². The third-order valence-electron chi connectivity index (χ3n) is 1.38. The summed E-state index contributed by atoms with van der Waals surface area (Å²) < 4.78 is 0. The molecule has 2 N–H and O–H groups in total. The molecule has 0 aliphatic heterocycles. The summed E-state index contributed by atoms with van der Waals surface area (Å²) >= 11 is 0. The van der Waals surface area contributed by atoms with Crippen LogP contribution in [-0.2, 0) is 9.59 Å². The van der Waals surface area contributed by atoms with E-state index in [0.717, 1.165) is 5.57 Å².